The molecule has 1 fully saturated rings. The van der Waals surface area contributed by atoms with Crippen molar-refractivity contribution in [1.29, 1.82) is 10.5 Å². The Bertz CT molecular complexity index is 1250. The summed E-state index contributed by atoms with van der Waals surface area (Å²) in [6.45, 7) is 0. The Morgan fingerprint density at radius 2 is 1.51 bits per heavy atom. The molecule has 0 saturated heterocycles. The van der Waals surface area contributed by atoms with Crippen molar-refractivity contribution in [2.75, 3.05) is 24.9 Å². The zero-order chi connectivity index (χ0) is 26.4. The molecule has 2 aromatic rings. The number of carbonyl (C=O) groups is 2. The molecule has 2 amide bonds. The average Bonchev–Trinajstić information content (AvgIpc) is 3.05. The molecule has 0 spiro atoms. The van der Waals surface area contributed by atoms with E-state index in [-0.39, 0.29) is 17.3 Å². The number of benzene rings is 2. The number of para-hydroxylation sites is 2. The number of amides is 2. The Morgan fingerprint density at radius 3 is 2.05 bits per heavy atom. The Hall–Kier alpha value is -4.50. The Kier molecular flexibility index (Phi) is 7.95. The minimum Gasteiger partial charge on any atom is -0.493 e. The van der Waals surface area contributed by atoms with Gasteiger partial charge in [-0.1, -0.05) is 37.5 Å². The molecular weight excluding hydrogens is 470 g/mol. The molecule has 190 valence electrons. The minimum atomic E-state index is -1.19. The quantitative estimate of drug-likeness (QED) is 0.383. The molecule has 3 N–H and O–H groups in total. The van der Waals surface area contributed by atoms with E-state index in [4.69, 9.17) is 9.47 Å². The Labute approximate surface area is 216 Å². The molecule has 1 unspecified atom stereocenters. The van der Waals surface area contributed by atoms with Crippen LogP contribution in [0.3, 0.4) is 0 Å². The molecule has 37 heavy (non-hydrogen) atoms. The number of nitrogens with zero attached hydrogens (tertiary/aromatic N) is 2. The van der Waals surface area contributed by atoms with Gasteiger partial charge in [-0.3, -0.25) is 9.59 Å². The summed E-state index contributed by atoms with van der Waals surface area (Å²) in [4.78, 5) is 27.1. The van der Waals surface area contributed by atoms with Crippen LogP contribution in [-0.4, -0.2) is 32.1 Å². The minimum absolute atomic E-state index is 0.0110. The lowest BCUT2D eigenvalue weighted by Crippen LogP contribution is -2.38. The van der Waals surface area contributed by atoms with Gasteiger partial charge in [0.2, 0.25) is 0 Å². The van der Waals surface area contributed by atoms with E-state index in [0.29, 0.717) is 28.4 Å². The van der Waals surface area contributed by atoms with Crippen molar-refractivity contribution in [3.8, 4) is 23.6 Å². The van der Waals surface area contributed by atoms with Crippen molar-refractivity contribution in [3.05, 3.63) is 59.3 Å². The van der Waals surface area contributed by atoms with Gasteiger partial charge in [-0.15, -0.1) is 0 Å². The number of hydrogen-bond donors (Lipinski definition) is 3. The number of allylic oxidation sites excluding steroid dienone is 1. The zero-order valence-electron chi connectivity index (χ0n) is 20.8. The molecule has 1 heterocycles. The van der Waals surface area contributed by atoms with Gasteiger partial charge in [0.15, 0.2) is 11.5 Å². The first-order valence-electron chi connectivity index (χ1n) is 12.2. The predicted octanol–water partition coefficient (Wildman–Crippen LogP) is 4.22. The number of fused-ring (bicyclic) bond motifs is 1. The Morgan fingerprint density at radius 1 is 0.919 bits per heavy atom. The fourth-order valence-electron chi connectivity index (χ4n) is 4.95. The average molecular weight is 500 g/mol. The fraction of sp³-hybridized carbons (Fsp3) is 0.357. The van der Waals surface area contributed by atoms with Crippen molar-refractivity contribution in [1.82, 2.24) is 5.32 Å². The standard InChI is InChI=1S/C28H29N5O4/c1-36-22-13-12-17(14-23(22)37-2)24(18(15-29)16-30)26(31-19-8-4-3-5-9-19)25-27(34)32-20-10-6-7-11-21(20)33-28(25)35/h6-7,10-14,18-19,24,31H,3-5,8-9H2,1-2H3,(H,32,34)(H,33,35). The lowest BCUT2D eigenvalue weighted by Gasteiger charge is -2.31. The van der Waals surface area contributed by atoms with Gasteiger partial charge in [-0.25, -0.2) is 0 Å². The van der Waals surface area contributed by atoms with Gasteiger partial charge in [-0.05, 0) is 42.7 Å². The van der Waals surface area contributed by atoms with E-state index in [1.54, 1.807) is 42.5 Å². The highest BCUT2D eigenvalue weighted by Crippen LogP contribution is 2.39. The van der Waals surface area contributed by atoms with E-state index in [1.165, 1.54) is 14.2 Å². The van der Waals surface area contributed by atoms with Crippen LogP contribution in [0.5, 0.6) is 11.5 Å². The molecule has 0 aromatic heterocycles. The van der Waals surface area contributed by atoms with Crippen LogP contribution in [0.4, 0.5) is 11.4 Å². The maximum absolute atomic E-state index is 13.5. The van der Waals surface area contributed by atoms with Crippen LogP contribution in [-0.2, 0) is 9.59 Å². The van der Waals surface area contributed by atoms with E-state index in [2.05, 4.69) is 28.1 Å². The maximum Gasteiger partial charge on any atom is 0.263 e. The third-order valence-electron chi connectivity index (χ3n) is 6.80. The first-order chi connectivity index (χ1) is 18.0. The number of hydrogen-bond acceptors (Lipinski definition) is 7. The number of methoxy groups -OCH3 is 2. The third kappa shape index (κ3) is 5.36. The highest BCUT2D eigenvalue weighted by atomic mass is 16.5. The van der Waals surface area contributed by atoms with Gasteiger partial charge < -0.3 is 25.4 Å². The van der Waals surface area contributed by atoms with Crippen LogP contribution >= 0.6 is 0 Å². The number of nitrogens with one attached hydrogen (secondary N) is 3. The van der Waals surface area contributed by atoms with Crippen LogP contribution in [0, 0.1) is 28.6 Å². The van der Waals surface area contributed by atoms with Crippen molar-refractivity contribution in [2.45, 2.75) is 44.1 Å². The molecule has 4 rings (SSSR count). The number of anilines is 2. The molecule has 2 aromatic carbocycles. The van der Waals surface area contributed by atoms with Crippen molar-refractivity contribution < 1.29 is 19.1 Å². The van der Waals surface area contributed by atoms with Crippen LogP contribution < -0.4 is 25.4 Å². The second-order valence-electron chi connectivity index (χ2n) is 9.05. The third-order valence-corrected chi connectivity index (χ3v) is 6.80. The van der Waals surface area contributed by atoms with E-state index < -0.39 is 23.7 Å². The van der Waals surface area contributed by atoms with Crippen molar-refractivity contribution in [2.24, 2.45) is 5.92 Å². The number of carbonyl (C=O) groups excluding carboxylic acids is 2. The van der Waals surface area contributed by atoms with Gasteiger partial charge in [0.1, 0.15) is 11.5 Å². The van der Waals surface area contributed by atoms with E-state index in [1.807, 2.05) is 0 Å². The maximum atomic E-state index is 13.5. The summed E-state index contributed by atoms with van der Waals surface area (Å²) in [5.74, 6) is -2.46. The first kappa shape index (κ1) is 25.6. The van der Waals surface area contributed by atoms with Crippen LogP contribution in [0.1, 0.15) is 43.6 Å². The zero-order valence-corrected chi connectivity index (χ0v) is 20.8. The topological polar surface area (TPSA) is 136 Å². The van der Waals surface area contributed by atoms with E-state index >= 15 is 0 Å². The van der Waals surface area contributed by atoms with Crippen molar-refractivity contribution in [3.63, 3.8) is 0 Å². The molecule has 9 nitrogen and oxygen atoms in total. The summed E-state index contributed by atoms with van der Waals surface area (Å²) in [7, 11) is 3.00. The number of rotatable bonds is 7. The van der Waals surface area contributed by atoms with Gasteiger partial charge in [0.05, 0.1) is 43.7 Å². The molecule has 1 aliphatic carbocycles. The van der Waals surface area contributed by atoms with Crippen molar-refractivity contribution >= 4 is 23.2 Å². The second-order valence-corrected chi connectivity index (χ2v) is 9.05. The predicted molar refractivity (Wildman–Crippen MR) is 138 cm³/mol. The first-order valence-corrected chi connectivity index (χ1v) is 12.2. The normalized spacial score (nSPS) is 16.3. The van der Waals surface area contributed by atoms with Crippen LogP contribution in [0.15, 0.2) is 53.7 Å². The van der Waals surface area contributed by atoms with Gasteiger partial charge in [0, 0.05) is 11.7 Å². The second kappa shape index (κ2) is 11.5. The molecule has 0 bridgehead atoms. The summed E-state index contributed by atoms with van der Waals surface area (Å²) in [6, 6.07) is 16.1. The van der Waals surface area contributed by atoms with Crippen LogP contribution in [0.25, 0.3) is 0 Å². The fourth-order valence-corrected chi connectivity index (χ4v) is 4.95. The lowest BCUT2D eigenvalue weighted by molar-refractivity contribution is -0.118. The summed E-state index contributed by atoms with van der Waals surface area (Å²) >= 11 is 0. The largest absolute Gasteiger partial charge is 0.493 e. The number of nitriles is 2. The smallest absolute Gasteiger partial charge is 0.263 e. The summed E-state index contributed by atoms with van der Waals surface area (Å²) in [6.07, 6.45) is 4.82. The highest BCUT2D eigenvalue weighted by molar-refractivity contribution is 6.29. The van der Waals surface area contributed by atoms with Gasteiger partial charge in [-0.2, -0.15) is 10.5 Å². The SMILES string of the molecule is COc1ccc(C(C(NC2CCCCC2)=C2C(=O)Nc3ccccc3NC2=O)C(C#N)C#N)cc1OC. The highest BCUT2D eigenvalue weighted by Gasteiger charge is 2.37. The van der Waals surface area contributed by atoms with Crippen LogP contribution in [0.2, 0.25) is 0 Å². The Balaban J connectivity index is 1.92. The molecule has 1 aliphatic heterocycles. The molecule has 2 aliphatic rings. The number of ether oxygens (including phenoxy) is 2. The summed E-state index contributed by atoms with van der Waals surface area (Å²) in [5.41, 5.74) is 1.56. The van der Waals surface area contributed by atoms with E-state index in [0.717, 1.165) is 32.1 Å². The molecular formula is C28H29N5O4. The molecule has 0 radical (unpaired) electrons. The molecule has 9 heteroatoms. The lowest BCUT2D eigenvalue weighted by atomic mass is 9.81. The van der Waals surface area contributed by atoms with Gasteiger partial charge in [0.25, 0.3) is 11.8 Å². The monoisotopic (exact) mass is 499 g/mol. The molecule has 1 saturated carbocycles. The summed E-state index contributed by atoms with van der Waals surface area (Å²) < 4.78 is 10.8. The van der Waals surface area contributed by atoms with E-state index in [9.17, 15) is 20.1 Å². The summed E-state index contributed by atoms with van der Waals surface area (Å²) in [5, 5.41) is 29.0. The molecule has 1 atom stereocenters. The van der Waals surface area contributed by atoms with Gasteiger partial charge >= 0.3 is 0 Å².